The second kappa shape index (κ2) is 7.90. The molecule has 2 N–H and O–H groups in total. The molecular formula is C15H20ClN3O3S. The van der Waals surface area contributed by atoms with Gasteiger partial charge >= 0.3 is 0 Å². The maximum Gasteiger partial charge on any atom is 0.254 e. The Morgan fingerprint density at radius 3 is 2.48 bits per heavy atom. The van der Waals surface area contributed by atoms with E-state index in [0.717, 1.165) is 11.6 Å². The highest BCUT2D eigenvalue weighted by Crippen LogP contribution is 2.16. The maximum absolute atomic E-state index is 12.4. The summed E-state index contributed by atoms with van der Waals surface area (Å²) >= 11 is 1.73. The third kappa shape index (κ3) is 4.10. The van der Waals surface area contributed by atoms with Gasteiger partial charge in [0.25, 0.3) is 5.91 Å². The van der Waals surface area contributed by atoms with E-state index in [9.17, 15) is 14.7 Å². The zero-order chi connectivity index (χ0) is 15.5. The van der Waals surface area contributed by atoms with Crippen molar-refractivity contribution in [3.8, 4) is 5.75 Å². The highest BCUT2D eigenvalue weighted by molar-refractivity contribution is 7.99. The predicted octanol–water partition coefficient (Wildman–Crippen LogP) is 0.761. The number of hydrogen-bond donors (Lipinski definition) is 2. The van der Waals surface area contributed by atoms with Gasteiger partial charge < -0.3 is 14.9 Å². The molecule has 1 atom stereocenters. The fourth-order valence-corrected chi connectivity index (χ4v) is 3.66. The summed E-state index contributed by atoms with van der Waals surface area (Å²) in [5.41, 5.74) is 0.480. The van der Waals surface area contributed by atoms with Crippen molar-refractivity contribution in [2.75, 3.05) is 37.8 Å². The zero-order valence-electron chi connectivity index (χ0n) is 12.6. The first kappa shape index (κ1) is 17.9. The summed E-state index contributed by atoms with van der Waals surface area (Å²) in [4.78, 5) is 28.2. The third-order valence-electron chi connectivity index (χ3n) is 3.99. The van der Waals surface area contributed by atoms with Crippen LogP contribution in [0.25, 0.3) is 0 Å². The average molecular weight is 358 g/mol. The highest BCUT2D eigenvalue weighted by atomic mass is 35.5. The molecule has 126 valence electrons. The van der Waals surface area contributed by atoms with Gasteiger partial charge in [0.2, 0.25) is 5.91 Å². The van der Waals surface area contributed by atoms with Crippen LogP contribution < -0.4 is 5.32 Å². The van der Waals surface area contributed by atoms with Crippen molar-refractivity contribution in [1.29, 1.82) is 0 Å². The van der Waals surface area contributed by atoms with Crippen molar-refractivity contribution < 1.29 is 14.7 Å². The molecule has 8 heteroatoms. The van der Waals surface area contributed by atoms with Crippen molar-refractivity contribution in [3.63, 3.8) is 0 Å². The molecule has 1 aromatic carbocycles. The molecule has 0 radical (unpaired) electrons. The number of phenols is 1. The van der Waals surface area contributed by atoms with E-state index in [0.29, 0.717) is 31.7 Å². The Morgan fingerprint density at radius 2 is 1.87 bits per heavy atom. The van der Waals surface area contributed by atoms with Gasteiger partial charge in [-0.25, -0.2) is 0 Å². The predicted molar refractivity (Wildman–Crippen MR) is 92.1 cm³/mol. The summed E-state index contributed by atoms with van der Waals surface area (Å²) in [6.07, 6.45) is 0. The van der Waals surface area contributed by atoms with Gasteiger partial charge in [-0.05, 0) is 18.2 Å². The lowest BCUT2D eigenvalue weighted by Gasteiger charge is -2.35. The van der Waals surface area contributed by atoms with E-state index in [1.54, 1.807) is 34.9 Å². The van der Waals surface area contributed by atoms with Crippen LogP contribution in [-0.4, -0.2) is 70.6 Å². The minimum atomic E-state index is -0.0995. The van der Waals surface area contributed by atoms with Gasteiger partial charge in [0, 0.05) is 43.4 Å². The summed E-state index contributed by atoms with van der Waals surface area (Å²) in [5, 5.41) is 12.6. The molecule has 0 aliphatic carbocycles. The molecule has 0 saturated carbocycles. The SMILES string of the molecule is Cl.O=C(c1cccc(O)c1)N1CCN(C(=O)C2CSCN2)CC1. The minimum Gasteiger partial charge on any atom is -0.508 e. The number of piperazine rings is 1. The molecule has 2 amide bonds. The van der Waals surface area contributed by atoms with Crippen molar-refractivity contribution in [2.45, 2.75) is 6.04 Å². The molecule has 1 aromatic rings. The van der Waals surface area contributed by atoms with Crippen LogP contribution >= 0.6 is 24.2 Å². The molecule has 0 aromatic heterocycles. The molecule has 2 aliphatic heterocycles. The lowest BCUT2D eigenvalue weighted by Crippen LogP contribution is -2.54. The second-order valence-electron chi connectivity index (χ2n) is 5.44. The van der Waals surface area contributed by atoms with E-state index in [2.05, 4.69) is 5.32 Å². The molecule has 2 aliphatic rings. The number of phenolic OH excluding ortho intramolecular Hbond substituents is 1. The van der Waals surface area contributed by atoms with Crippen LogP contribution in [-0.2, 0) is 4.79 Å². The van der Waals surface area contributed by atoms with Gasteiger partial charge in [-0.15, -0.1) is 24.2 Å². The fraction of sp³-hybridized carbons (Fsp3) is 0.467. The second-order valence-corrected chi connectivity index (χ2v) is 6.47. The van der Waals surface area contributed by atoms with Crippen molar-refractivity contribution in [2.24, 2.45) is 0 Å². The Kier molecular flexibility index (Phi) is 6.15. The van der Waals surface area contributed by atoms with Crippen molar-refractivity contribution in [3.05, 3.63) is 29.8 Å². The van der Waals surface area contributed by atoms with E-state index in [-0.39, 0.29) is 36.0 Å². The topological polar surface area (TPSA) is 72.9 Å². The molecule has 2 heterocycles. The number of nitrogens with one attached hydrogen (secondary N) is 1. The van der Waals surface area contributed by atoms with Crippen LogP contribution in [0.5, 0.6) is 5.75 Å². The van der Waals surface area contributed by atoms with E-state index >= 15 is 0 Å². The van der Waals surface area contributed by atoms with Gasteiger partial charge in [-0.2, -0.15) is 0 Å². The average Bonchev–Trinajstić information content (AvgIpc) is 3.08. The Balaban J connectivity index is 0.00000192. The number of carbonyl (C=O) groups is 2. The number of aromatic hydroxyl groups is 1. The molecule has 3 rings (SSSR count). The number of hydrogen-bond acceptors (Lipinski definition) is 5. The first-order chi connectivity index (χ1) is 10.6. The highest BCUT2D eigenvalue weighted by Gasteiger charge is 2.30. The van der Waals surface area contributed by atoms with Gasteiger partial charge in [-0.1, -0.05) is 6.07 Å². The summed E-state index contributed by atoms with van der Waals surface area (Å²) in [6, 6.07) is 6.28. The van der Waals surface area contributed by atoms with E-state index < -0.39 is 0 Å². The number of halogens is 1. The summed E-state index contributed by atoms with van der Waals surface area (Å²) < 4.78 is 0. The number of thioether (sulfide) groups is 1. The molecule has 23 heavy (non-hydrogen) atoms. The Hall–Kier alpha value is -1.44. The van der Waals surface area contributed by atoms with Gasteiger partial charge in [0.05, 0.1) is 6.04 Å². The van der Waals surface area contributed by atoms with E-state index in [1.807, 2.05) is 4.90 Å². The fourth-order valence-electron chi connectivity index (χ4n) is 2.73. The number of benzene rings is 1. The number of rotatable bonds is 2. The zero-order valence-corrected chi connectivity index (χ0v) is 14.2. The Morgan fingerprint density at radius 1 is 1.17 bits per heavy atom. The number of carbonyl (C=O) groups excluding carboxylic acids is 2. The Labute approximate surface area is 145 Å². The lowest BCUT2D eigenvalue weighted by molar-refractivity contribution is -0.134. The third-order valence-corrected chi connectivity index (χ3v) is 4.93. The first-order valence-corrected chi connectivity index (χ1v) is 8.49. The Bertz CT molecular complexity index is 573. The van der Waals surface area contributed by atoms with Crippen LogP contribution in [0.4, 0.5) is 0 Å². The van der Waals surface area contributed by atoms with Crippen LogP contribution in [0.2, 0.25) is 0 Å². The van der Waals surface area contributed by atoms with Crippen LogP contribution in [0.3, 0.4) is 0 Å². The summed E-state index contributed by atoms with van der Waals surface area (Å²) in [5.74, 6) is 1.77. The normalized spacial score (nSPS) is 21.0. The van der Waals surface area contributed by atoms with Gasteiger partial charge in [0.15, 0.2) is 0 Å². The first-order valence-electron chi connectivity index (χ1n) is 7.33. The summed E-state index contributed by atoms with van der Waals surface area (Å²) in [6.45, 7) is 2.18. The summed E-state index contributed by atoms with van der Waals surface area (Å²) in [7, 11) is 0. The minimum absolute atomic E-state index is 0. The standard InChI is InChI=1S/C15H19N3O3S.ClH/c19-12-3-1-2-11(8-12)14(20)17-4-6-18(7-5-17)15(21)13-9-22-10-16-13;/h1-3,8,13,16,19H,4-7,9-10H2;1H. The lowest BCUT2D eigenvalue weighted by atomic mass is 10.1. The number of amides is 2. The van der Waals surface area contributed by atoms with E-state index in [4.69, 9.17) is 0 Å². The largest absolute Gasteiger partial charge is 0.508 e. The molecule has 1 unspecified atom stereocenters. The smallest absolute Gasteiger partial charge is 0.254 e. The molecule has 0 bridgehead atoms. The van der Waals surface area contributed by atoms with Crippen molar-refractivity contribution >= 4 is 36.0 Å². The number of nitrogens with zero attached hydrogens (tertiary/aromatic N) is 2. The van der Waals surface area contributed by atoms with Crippen molar-refractivity contribution in [1.82, 2.24) is 15.1 Å². The van der Waals surface area contributed by atoms with Gasteiger partial charge in [-0.3, -0.25) is 14.9 Å². The molecular weight excluding hydrogens is 338 g/mol. The molecule has 6 nitrogen and oxygen atoms in total. The maximum atomic E-state index is 12.4. The molecule has 0 spiro atoms. The van der Waals surface area contributed by atoms with Gasteiger partial charge in [0.1, 0.15) is 5.75 Å². The molecule has 2 saturated heterocycles. The van der Waals surface area contributed by atoms with Crippen LogP contribution in [0, 0.1) is 0 Å². The van der Waals surface area contributed by atoms with Crippen LogP contribution in [0.1, 0.15) is 10.4 Å². The monoisotopic (exact) mass is 357 g/mol. The van der Waals surface area contributed by atoms with E-state index in [1.165, 1.54) is 6.07 Å². The molecule has 2 fully saturated rings. The van der Waals surface area contributed by atoms with Crippen LogP contribution in [0.15, 0.2) is 24.3 Å². The quantitative estimate of drug-likeness (QED) is 0.817.